The van der Waals surface area contributed by atoms with Gasteiger partial charge in [-0.1, -0.05) is 6.07 Å². The van der Waals surface area contributed by atoms with Crippen molar-refractivity contribution in [3.05, 3.63) is 30.1 Å². The first-order chi connectivity index (χ1) is 8.70. The van der Waals surface area contributed by atoms with Crippen LogP contribution >= 0.6 is 0 Å². The summed E-state index contributed by atoms with van der Waals surface area (Å²) < 4.78 is 4.76. The number of aromatic nitrogens is 1. The molecule has 5 nitrogen and oxygen atoms in total. The lowest BCUT2D eigenvalue weighted by Crippen LogP contribution is -2.38. The second-order valence-electron chi connectivity index (χ2n) is 4.49. The Morgan fingerprint density at radius 1 is 1.61 bits per heavy atom. The number of hydrogen-bond donors (Lipinski definition) is 1. The molecule has 18 heavy (non-hydrogen) atoms. The van der Waals surface area contributed by atoms with Gasteiger partial charge < -0.3 is 9.84 Å². The summed E-state index contributed by atoms with van der Waals surface area (Å²) in [6.45, 7) is 1.22. The Labute approximate surface area is 106 Å². The second-order valence-corrected chi connectivity index (χ2v) is 4.49. The van der Waals surface area contributed by atoms with E-state index in [1.165, 1.54) is 7.11 Å². The molecule has 1 fully saturated rings. The molecule has 0 unspecified atom stereocenters. The number of hydrogen-bond acceptors (Lipinski definition) is 5. The molecule has 2 atom stereocenters. The van der Waals surface area contributed by atoms with Gasteiger partial charge in [0.25, 0.3) is 0 Å². The number of rotatable bonds is 4. The van der Waals surface area contributed by atoms with Gasteiger partial charge in [-0.15, -0.1) is 0 Å². The number of carbonyl (C=O) groups excluding carboxylic acids is 1. The van der Waals surface area contributed by atoms with E-state index in [1.54, 1.807) is 6.20 Å². The smallest absolute Gasteiger partial charge is 0.323 e. The van der Waals surface area contributed by atoms with Crippen LogP contribution in [0.5, 0.6) is 0 Å². The van der Waals surface area contributed by atoms with E-state index in [0.717, 1.165) is 12.1 Å². The summed E-state index contributed by atoms with van der Waals surface area (Å²) >= 11 is 0. The summed E-state index contributed by atoms with van der Waals surface area (Å²) in [7, 11) is 1.38. The zero-order valence-electron chi connectivity index (χ0n) is 10.5. The molecule has 1 aliphatic rings. The van der Waals surface area contributed by atoms with Gasteiger partial charge in [0.15, 0.2) is 0 Å². The molecule has 0 aliphatic carbocycles. The molecule has 1 N–H and O–H groups in total. The van der Waals surface area contributed by atoms with Crippen LogP contribution in [0.3, 0.4) is 0 Å². The molecule has 1 saturated heterocycles. The van der Waals surface area contributed by atoms with Crippen molar-refractivity contribution in [3.63, 3.8) is 0 Å². The van der Waals surface area contributed by atoms with E-state index in [-0.39, 0.29) is 12.0 Å². The largest absolute Gasteiger partial charge is 0.468 e. The number of aliphatic hydroxyl groups is 1. The van der Waals surface area contributed by atoms with E-state index in [9.17, 15) is 9.90 Å². The van der Waals surface area contributed by atoms with Gasteiger partial charge in [-0.2, -0.15) is 0 Å². The van der Waals surface area contributed by atoms with E-state index in [0.29, 0.717) is 19.5 Å². The summed E-state index contributed by atoms with van der Waals surface area (Å²) in [6.07, 6.45) is 2.53. The van der Waals surface area contributed by atoms with Crippen molar-refractivity contribution >= 4 is 5.97 Å². The van der Waals surface area contributed by atoms with Gasteiger partial charge in [0.2, 0.25) is 0 Å². The third kappa shape index (κ3) is 3.05. The summed E-state index contributed by atoms with van der Waals surface area (Å²) in [5, 5.41) is 9.65. The summed E-state index contributed by atoms with van der Waals surface area (Å²) in [5.41, 5.74) is 0.988. The van der Waals surface area contributed by atoms with Crippen molar-refractivity contribution in [2.75, 3.05) is 20.2 Å². The normalized spacial score (nSPS) is 24.1. The lowest BCUT2D eigenvalue weighted by molar-refractivity contribution is -0.145. The Hall–Kier alpha value is -1.46. The highest BCUT2D eigenvalue weighted by atomic mass is 16.5. The van der Waals surface area contributed by atoms with Crippen molar-refractivity contribution in [1.29, 1.82) is 0 Å². The molecule has 2 rings (SSSR count). The molecule has 0 bridgehead atoms. The number of pyridine rings is 1. The minimum Gasteiger partial charge on any atom is -0.468 e. The van der Waals surface area contributed by atoms with Crippen LogP contribution in [0.1, 0.15) is 12.1 Å². The molecule has 1 aromatic rings. The van der Waals surface area contributed by atoms with Gasteiger partial charge in [0, 0.05) is 37.8 Å². The maximum absolute atomic E-state index is 11.6. The molecule has 0 saturated carbocycles. The van der Waals surface area contributed by atoms with E-state index >= 15 is 0 Å². The van der Waals surface area contributed by atoms with Crippen LogP contribution in [-0.2, 0) is 16.0 Å². The van der Waals surface area contributed by atoms with Crippen LogP contribution in [0.4, 0.5) is 0 Å². The Morgan fingerprint density at radius 3 is 3.11 bits per heavy atom. The maximum atomic E-state index is 11.6. The first-order valence-corrected chi connectivity index (χ1v) is 6.10. The predicted octanol–water partition coefficient (Wildman–Crippen LogP) is 0.232. The lowest BCUT2D eigenvalue weighted by Gasteiger charge is -2.21. The van der Waals surface area contributed by atoms with Crippen molar-refractivity contribution in [1.82, 2.24) is 9.88 Å². The van der Waals surface area contributed by atoms with Crippen molar-refractivity contribution in [2.45, 2.75) is 25.0 Å². The average Bonchev–Trinajstić information content (AvgIpc) is 2.78. The summed E-state index contributed by atoms with van der Waals surface area (Å²) in [6, 6.07) is 5.45. The van der Waals surface area contributed by atoms with Crippen LogP contribution in [0.25, 0.3) is 0 Å². The number of methoxy groups -OCH3 is 1. The van der Waals surface area contributed by atoms with Gasteiger partial charge >= 0.3 is 5.97 Å². The maximum Gasteiger partial charge on any atom is 0.323 e. The second kappa shape index (κ2) is 5.93. The summed E-state index contributed by atoms with van der Waals surface area (Å²) in [4.78, 5) is 17.8. The molecule has 0 aromatic carbocycles. The highest BCUT2D eigenvalue weighted by Gasteiger charge is 2.36. The fourth-order valence-electron chi connectivity index (χ4n) is 2.31. The Balaban J connectivity index is 1.93. The molecule has 1 aromatic heterocycles. The number of carbonyl (C=O) groups is 1. The quantitative estimate of drug-likeness (QED) is 0.775. The Bertz CT molecular complexity index is 396. The zero-order valence-corrected chi connectivity index (χ0v) is 10.5. The molecule has 0 radical (unpaired) electrons. The minimum absolute atomic E-state index is 0.271. The van der Waals surface area contributed by atoms with Gasteiger partial charge in [-0.05, 0) is 12.1 Å². The Morgan fingerprint density at radius 2 is 2.44 bits per heavy atom. The number of ether oxygens (including phenoxy) is 1. The highest BCUT2D eigenvalue weighted by molar-refractivity contribution is 5.76. The third-order valence-corrected chi connectivity index (χ3v) is 3.24. The number of aliphatic hydroxyl groups excluding tert-OH is 1. The first-order valence-electron chi connectivity index (χ1n) is 6.10. The van der Waals surface area contributed by atoms with Gasteiger partial charge in [-0.3, -0.25) is 14.7 Å². The van der Waals surface area contributed by atoms with Crippen molar-refractivity contribution in [2.24, 2.45) is 0 Å². The number of esters is 1. The van der Waals surface area contributed by atoms with Crippen LogP contribution < -0.4 is 0 Å². The minimum atomic E-state index is -0.446. The molecule has 5 heteroatoms. The molecular weight excluding hydrogens is 232 g/mol. The zero-order chi connectivity index (χ0) is 13.0. The molecule has 0 amide bonds. The number of likely N-dealkylation sites (tertiary alicyclic amines) is 1. The number of nitrogens with zero attached hydrogens (tertiary/aromatic N) is 2. The van der Waals surface area contributed by atoms with E-state index in [1.807, 2.05) is 23.1 Å². The van der Waals surface area contributed by atoms with Crippen LogP contribution in [0.2, 0.25) is 0 Å². The third-order valence-electron chi connectivity index (χ3n) is 3.24. The SMILES string of the molecule is COC(=O)[C@@H]1C[C@@H](O)CN1CCc1ccccn1. The molecular formula is C13H18N2O3. The number of β-amino-alcohol motifs (C(OH)–C–C–N with tert-alkyl or cyclic N) is 1. The predicted molar refractivity (Wildman–Crippen MR) is 65.9 cm³/mol. The van der Waals surface area contributed by atoms with Crippen LogP contribution in [-0.4, -0.2) is 53.3 Å². The van der Waals surface area contributed by atoms with Gasteiger partial charge in [-0.25, -0.2) is 0 Å². The van der Waals surface area contributed by atoms with E-state index < -0.39 is 6.10 Å². The molecule has 98 valence electrons. The fourth-order valence-corrected chi connectivity index (χ4v) is 2.31. The van der Waals surface area contributed by atoms with E-state index in [2.05, 4.69) is 4.98 Å². The van der Waals surface area contributed by atoms with Crippen molar-refractivity contribution < 1.29 is 14.6 Å². The van der Waals surface area contributed by atoms with Gasteiger partial charge in [0.05, 0.1) is 13.2 Å². The first kappa shape index (κ1) is 13.0. The molecule has 2 heterocycles. The van der Waals surface area contributed by atoms with Crippen LogP contribution in [0.15, 0.2) is 24.4 Å². The standard InChI is InChI=1S/C13H18N2O3/c1-18-13(17)12-8-11(16)9-15(12)7-5-10-4-2-3-6-14-10/h2-4,6,11-12,16H,5,7-9H2,1H3/t11-,12+/m1/s1. The molecule has 1 aliphatic heterocycles. The van der Waals surface area contributed by atoms with Crippen LogP contribution in [0, 0.1) is 0 Å². The van der Waals surface area contributed by atoms with Crippen molar-refractivity contribution in [3.8, 4) is 0 Å². The fraction of sp³-hybridized carbons (Fsp3) is 0.538. The van der Waals surface area contributed by atoms with E-state index in [4.69, 9.17) is 4.74 Å². The lowest BCUT2D eigenvalue weighted by atomic mass is 10.2. The molecule has 0 spiro atoms. The summed E-state index contributed by atoms with van der Waals surface area (Å²) in [5.74, 6) is -0.271. The monoisotopic (exact) mass is 250 g/mol. The Kier molecular flexibility index (Phi) is 4.28. The average molecular weight is 250 g/mol. The van der Waals surface area contributed by atoms with Gasteiger partial charge in [0.1, 0.15) is 6.04 Å². The topological polar surface area (TPSA) is 62.7 Å². The highest BCUT2D eigenvalue weighted by Crippen LogP contribution is 2.19.